The minimum absolute atomic E-state index is 0.731. The highest BCUT2D eigenvalue weighted by Crippen LogP contribution is 2.15. The number of anilines is 1. The molecule has 4 heteroatoms. The van der Waals surface area contributed by atoms with Crippen molar-refractivity contribution in [3.05, 3.63) is 24.3 Å². The monoisotopic (exact) mass is 282 g/mol. The maximum absolute atomic E-state index is 5.66. The predicted molar refractivity (Wildman–Crippen MR) is 86.6 cm³/mol. The lowest BCUT2D eigenvalue weighted by Crippen LogP contribution is -2.19. The molecule has 0 aliphatic heterocycles. The molecule has 0 saturated carbocycles. The number of rotatable bonds is 10. The zero-order valence-corrected chi connectivity index (χ0v) is 13.1. The van der Waals surface area contributed by atoms with Gasteiger partial charge in [-0.05, 0) is 63.2 Å². The summed E-state index contributed by atoms with van der Waals surface area (Å²) in [4.78, 5) is 2.12. The Bertz CT molecular complexity index is 327. The Morgan fingerprint density at radius 2 is 1.89 bits per heavy atom. The van der Waals surface area contributed by atoms with Crippen molar-refractivity contribution in [2.75, 3.05) is 51.1 Å². The van der Waals surface area contributed by atoms with Gasteiger partial charge in [0.1, 0.15) is 12.4 Å². The fraction of sp³-hybridized carbons (Fsp3) is 0.600. The van der Waals surface area contributed by atoms with Crippen LogP contribution < -0.4 is 10.1 Å². The topological polar surface area (TPSA) is 24.5 Å². The Morgan fingerprint density at radius 3 is 2.53 bits per heavy atom. The summed E-state index contributed by atoms with van der Waals surface area (Å²) in [5.74, 6) is 2.19. The van der Waals surface area contributed by atoms with Gasteiger partial charge in [-0.2, -0.15) is 11.8 Å². The molecule has 0 unspecified atom stereocenters. The van der Waals surface area contributed by atoms with Gasteiger partial charge < -0.3 is 15.0 Å². The molecule has 3 nitrogen and oxygen atoms in total. The number of benzene rings is 1. The average molecular weight is 282 g/mol. The van der Waals surface area contributed by atoms with Crippen LogP contribution in [0.25, 0.3) is 0 Å². The second kappa shape index (κ2) is 9.98. The lowest BCUT2D eigenvalue weighted by atomic mass is 10.3. The maximum Gasteiger partial charge on any atom is 0.119 e. The summed E-state index contributed by atoms with van der Waals surface area (Å²) in [6.45, 7) is 2.71. The van der Waals surface area contributed by atoms with E-state index in [1.54, 1.807) is 0 Å². The number of hydrogen-bond acceptors (Lipinski definition) is 4. The van der Waals surface area contributed by atoms with Crippen LogP contribution in [-0.4, -0.2) is 50.7 Å². The molecule has 0 aliphatic carbocycles. The summed E-state index contributed by atoms with van der Waals surface area (Å²) in [5, 5.41) is 3.43. The smallest absolute Gasteiger partial charge is 0.119 e. The maximum atomic E-state index is 5.66. The molecule has 0 saturated heterocycles. The Hall–Kier alpha value is -0.870. The van der Waals surface area contributed by atoms with Crippen molar-refractivity contribution in [1.82, 2.24) is 4.90 Å². The largest absolute Gasteiger partial charge is 0.492 e. The van der Waals surface area contributed by atoms with Gasteiger partial charge in [0.25, 0.3) is 0 Å². The predicted octanol–water partition coefficient (Wildman–Crippen LogP) is 3.18. The molecule has 0 aliphatic rings. The minimum atomic E-state index is 0.731. The standard InChI is InChI=1S/C15H26N2OS/c1-17(2)11-12-18-15-8-6-14(7-9-15)16-10-4-5-13-19-3/h6-9,16H,4-5,10-13H2,1-3H3. The number of nitrogens with zero attached hydrogens (tertiary/aromatic N) is 1. The molecular formula is C15H26N2OS. The van der Waals surface area contributed by atoms with Gasteiger partial charge in [-0.3, -0.25) is 0 Å². The van der Waals surface area contributed by atoms with E-state index in [-0.39, 0.29) is 0 Å². The van der Waals surface area contributed by atoms with Crippen molar-refractivity contribution in [1.29, 1.82) is 0 Å². The molecule has 0 radical (unpaired) electrons. The zero-order chi connectivity index (χ0) is 13.9. The van der Waals surface area contributed by atoms with Crippen LogP contribution in [0.1, 0.15) is 12.8 Å². The van der Waals surface area contributed by atoms with E-state index in [1.165, 1.54) is 24.3 Å². The summed E-state index contributed by atoms with van der Waals surface area (Å²) >= 11 is 1.91. The van der Waals surface area contributed by atoms with Gasteiger partial charge in [-0.15, -0.1) is 0 Å². The van der Waals surface area contributed by atoms with E-state index < -0.39 is 0 Å². The van der Waals surface area contributed by atoms with Gasteiger partial charge in [-0.25, -0.2) is 0 Å². The van der Waals surface area contributed by atoms with Crippen LogP contribution in [0.5, 0.6) is 5.75 Å². The van der Waals surface area contributed by atoms with Crippen LogP contribution in [0.3, 0.4) is 0 Å². The van der Waals surface area contributed by atoms with Crippen molar-refractivity contribution >= 4 is 17.4 Å². The van der Waals surface area contributed by atoms with Crippen LogP contribution >= 0.6 is 11.8 Å². The summed E-state index contributed by atoms with van der Waals surface area (Å²) < 4.78 is 5.66. The van der Waals surface area contributed by atoms with Crippen molar-refractivity contribution in [2.45, 2.75) is 12.8 Å². The minimum Gasteiger partial charge on any atom is -0.492 e. The highest BCUT2D eigenvalue weighted by molar-refractivity contribution is 7.98. The Kier molecular flexibility index (Phi) is 8.50. The van der Waals surface area contributed by atoms with Gasteiger partial charge in [0, 0.05) is 18.8 Å². The van der Waals surface area contributed by atoms with E-state index in [0.717, 1.165) is 25.4 Å². The Balaban J connectivity index is 2.19. The first-order valence-electron chi connectivity index (χ1n) is 6.83. The zero-order valence-electron chi connectivity index (χ0n) is 12.3. The molecule has 0 aromatic heterocycles. The summed E-state index contributed by atoms with van der Waals surface area (Å²) in [6, 6.07) is 8.22. The van der Waals surface area contributed by atoms with Gasteiger partial charge in [0.05, 0.1) is 0 Å². The quantitative estimate of drug-likeness (QED) is 0.666. The van der Waals surface area contributed by atoms with Crippen LogP contribution in [0.4, 0.5) is 5.69 Å². The van der Waals surface area contributed by atoms with Gasteiger partial charge >= 0.3 is 0 Å². The van der Waals surface area contributed by atoms with Gasteiger partial charge in [0.15, 0.2) is 0 Å². The molecule has 0 heterocycles. The van der Waals surface area contributed by atoms with Gasteiger partial charge in [0.2, 0.25) is 0 Å². The van der Waals surface area contributed by atoms with E-state index in [9.17, 15) is 0 Å². The first kappa shape index (κ1) is 16.2. The SMILES string of the molecule is CSCCCCNc1ccc(OCCN(C)C)cc1. The van der Waals surface area contributed by atoms with Crippen LogP contribution in [0, 0.1) is 0 Å². The fourth-order valence-electron chi connectivity index (χ4n) is 1.62. The average Bonchev–Trinajstić information content (AvgIpc) is 2.40. The molecule has 108 valence electrons. The molecule has 0 spiro atoms. The summed E-state index contributed by atoms with van der Waals surface area (Å²) in [7, 11) is 4.10. The number of unbranched alkanes of at least 4 members (excludes halogenated alkanes) is 1. The Morgan fingerprint density at radius 1 is 1.16 bits per heavy atom. The van der Waals surface area contributed by atoms with Crippen LogP contribution in [0.2, 0.25) is 0 Å². The molecule has 0 amide bonds. The number of nitrogens with one attached hydrogen (secondary N) is 1. The molecule has 1 rings (SSSR count). The van der Waals surface area contributed by atoms with Crippen molar-refractivity contribution in [3.63, 3.8) is 0 Å². The number of thioether (sulfide) groups is 1. The summed E-state index contributed by atoms with van der Waals surface area (Å²) in [6.07, 6.45) is 4.66. The Labute approximate surface area is 121 Å². The highest BCUT2D eigenvalue weighted by atomic mass is 32.2. The van der Waals surface area contributed by atoms with Crippen molar-refractivity contribution in [2.24, 2.45) is 0 Å². The molecule has 19 heavy (non-hydrogen) atoms. The van der Waals surface area contributed by atoms with E-state index >= 15 is 0 Å². The number of likely N-dealkylation sites (N-methyl/N-ethyl adjacent to an activating group) is 1. The van der Waals surface area contributed by atoms with Crippen LogP contribution in [0.15, 0.2) is 24.3 Å². The second-order valence-corrected chi connectivity index (χ2v) is 5.79. The summed E-state index contributed by atoms with van der Waals surface area (Å²) in [5.41, 5.74) is 1.17. The van der Waals surface area contributed by atoms with E-state index in [1.807, 2.05) is 38.0 Å². The molecule has 0 fully saturated rings. The van der Waals surface area contributed by atoms with Crippen molar-refractivity contribution in [3.8, 4) is 5.75 Å². The molecular weight excluding hydrogens is 256 g/mol. The third-order valence-electron chi connectivity index (χ3n) is 2.77. The third-order valence-corrected chi connectivity index (χ3v) is 3.46. The van der Waals surface area contributed by atoms with Crippen LogP contribution in [-0.2, 0) is 0 Å². The molecule has 0 bridgehead atoms. The highest BCUT2D eigenvalue weighted by Gasteiger charge is 1.96. The first-order valence-corrected chi connectivity index (χ1v) is 8.22. The number of hydrogen-bond donors (Lipinski definition) is 1. The fourth-order valence-corrected chi connectivity index (χ4v) is 2.11. The van der Waals surface area contributed by atoms with E-state index in [2.05, 4.69) is 28.6 Å². The molecule has 1 N–H and O–H groups in total. The molecule has 0 atom stereocenters. The first-order chi connectivity index (χ1) is 9.22. The van der Waals surface area contributed by atoms with E-state index in [0.29, 0.717) is 0 Å². The lowest BCUT2D eigenvalue weighted by molar-refractivity contribution is 0.261. The normalized spacial score (nSPS) is 10.7. The van der Waals surface area contributed by atoms with Crippen molar-refractivity contribution < 1.29 is 4.74 Å². The molecule has 1 aromatic carbocycles. The lowest BCUT2D eigenvalue weighted by Gasteiger charge is -2.11. The molecule has 1 aromatic rings. The van der Waals surface area contributed by atoms with E-state index in [4.69, 9.17) is 4.74 Å². The third kappa shape index (κ3) is 8.01. The number of ether oxygens (including phenoxy) is 1. The second-order valence-electron chi connectivity index (χ2n) is 4.80. The van der Waals surface area contributed by atoms with Gasteiger partial charge in [-0.1, -0.05) is 0 Å².